The maximum absolute atomic E-state index is 14.1. The van der Waals surface area contributed by atoms with E-state index in [0.717, 1.165) is 18.6 Å². The number of halogens is 2. The van der Waals surface area contributed by atoms with Gasteiger partial charge in [-0.15, -0.1) is 0 Å². The number of nitrogens with one attached hydrogen (secondary N) is 1. The Balaban J connectivity index is 1.77. The van der Waals surface area contributed by atoms with E-state index in [1.165, 1.54) is 12.3 Å². The van der Waals surface area contributed by atoms with Crippen molar-refractivity contribution in [2.24, 2.45) is 0 Å². The Bertz CT molecular complexity index is 850. The van der Waals surface area contributed by atoms with Crippen molar-refractivity contribution in [1.29, 1.82) is 0 Å². The van der Waals surface area contributed by atoms with Crippen molar-refractivity contribution in [3.63, 3.8) is 0 Å². The lowest BCUT2D eigenvalue weighted by Crippen LogP contribution is -2.37. The number of aliphatic carboxylic acids is 1. The number of hydrogen-bond donors (Lipinski definition) is 2. The molecule has 2 aromatic rings. The first kappa shape index (κ1) is 19.9. The first-order valence-electron chi connectivity index (χ1n) is 9.07. The Kier molecular flexibility index (Phi) is 6.03. The van der Waals surface area contributed by atoms with Crippen molar-refractivity contribution < 1.29 is 23.5 Å². The van der Waals surface area contributed by atoms with Gasteiger partial charge in [0.05, 0.1) is 29.6 Å². The number of carboxylic acid groups (broad SMARTS) is 1. The summed E-state index contributed by atoms with van der Waals surface area (Å²) in [7, 11) is 1.76. The Hall–Kier alpha value is -2.81. The molecule has 1 aromatic carbocycles. The minimum atomic E-state index is -0.894. The van der Waals surface area contributed by atoms with E-state index in [0.29, 0.717) is 25.9 Å². The number of likely N-dealkylation sites (N-methyl/N-ethyl adjacent to an activating group) is 1. The third-order valence-electron chi connectivity index (χ3n) is 5.08. The predicted octanol–water partition coefficient (Wildman–Crippen LogP) is 2.37. The second kappa shape index (κ2) is 8.47. The molecule has 28 heavy (non-hydrogen) atoms. The summed E-state index contributed by atoms with van der Waals surface area (Å²) in [5.41, 5.74) is -0.178. The lowest BCUT2D eigenvalue weighted by Gasteiger charge is -2.25. The van der Waals surface area contributed by atoms with Crippen LogP contribution in [0.1, 0.15) is 29.6 Å². The van der Waals surface area contributed by atoms with Gasteiger partial charge in [-0.25, -0.2) is 8.78 Å². The van der Waals surface area contributed by atoms with Gasteiger partial charge in [-0.3, -0.25) is 19.6 Å². The van der Waals surface area contributed by atoms with Gasteiger partial charge in [0, 0.05) is 19.1 Å². The number of H-pyrrole nitrogens is 1. The van der Waals surface area contributed by atoms with Crippen molar-refractivity contribution in [3.8, 4) is 11.3 Å². The minimum Gasteiger partial charge on any atom is -0.480 e. The SMILES string of the molecule is CN(CC(=O)O)C1CCCN(C(=O)c2cn[nH]c2-c2c(F)cccc2F)CC1. The van der Waals surface area contributed by atoms with Gasteiger partial charge in [-0.1, -0.05) is 6.07 Å². The predicted molar refractivity (Wildman–Crippen MR) is 97.7 cm³/mol. The minimum absolute atomic E-state index is 0.0180. The maximum atomic E-state index is 14.1. The molecule has 1 unspecified atom stereocenters. The molecule has 3 rings (SSSR count). The quantitative estimate of drug-likeness (QED) is 0.816. The summed E-state index contributed by atoms with van der Waals surface area (Å²) in [5.74, 6) is -2.79. The number of benzene rings is 1. The molecule has 9 heteroatoms. The fraction of sp³-hybridized carbons (Fsp3) is 0.421. The van der Waals surface area contributed by atoms with E-state index in [9.17, 15) is 18.4 Å². The molecular weight excluding hydrogens is 370 g/mol. The fourth-order valence-corrected chi connectivity index (χ4v) is 3.61. The smallest absolute Gasteiger partial charge is 0.317 e. The summed E-state index contributed by atoms with van der Waals surface area (Å²) in [5, 5.41) is 15.3. The molecule has 1 amide bonds. The summed E-state index contributed by atoms with van der Waals surface area (Å²) in [4.78, 5) is 27.3. The summed E-state index contributed by atoms with van der Waals surface area (Å²) in [6, 6.07) is 3.57. The first-order chi connectivity index (χ1) is 13.4. The van der Waals surface area contributed by atoms with Gasteiger partial charge in [0.1, 0.15) is 11.6 Å². The molecule has 1 atom stereocenters. The molecule has 1 saturated heterocycles. The monoisotopic (exact) mass is 392 g/mol. The van der Waals surface area contributed by atoms with Crippen LogP contribution in [0.15, 0.2) is 24.4 Å². The number of nitrogens with zero attached hydrogens (tertiary/aromatic N) is 3. The Morgan fingerprint density at radius 3 is 2.68 bits per heavy atom. The van der Waals surface area contributed by atoms with Gasteiger partial charge in [0.15, 0.2) is 0 Å². The van der Waals surface area contributed by atoms with Crippen LogP contribution in [-0.4, -0.2) is 69.7 Å². The van der Waals surface area contributed by atoms with Crippen LogP contribution in [0.25, 0.3) is 11.3 Å². The van der Waals surface area contributed by atoms with Gasteiger partial charge in [0.2, 0.25) is 0 Å². The maximum Gasteiger partial charge on any atom is 0.317 e. The molecule has 1 fully saturated rings. The average Bonchev–Trinajstić information content (AvgIpc) is 2.96. The molecule has 0 spiro atoms. The largest absolute Gasteiger partial charge is 0.480 e. The highest BCUT2D eigenvalue weighted by atomic mass is 19.1. The lowest BCUT2D eigenvalue weighted by molar-refractivity contribution is -0.138. The van der Waals surface area contributed by atoms with Crippen LogP contribution >= 0.6 is 0 Å². The van der Waals surface area contributed by atoms with Crippen molar-refractivity contribution in [1.82, 2.24) is 20.0 Å². The van der Waals surface area contributed by atoms with E-state index >= 15 is 0 Å². The van der Waals surface area contributed by atoms with Gasteiger partial charge in [0.25, 0.3) is 5.91 Å². The van der Waals surface area contributed by atoms with Crippen LogP contribution in [0, 0.1) is 11.6 Å². The topological polar surface area (TPSA) is 89.5 Å². The van der Waals surface area contributed by atoms with E-state index in [2.05, 4.69) is 10.2 Å². The highest BCUT2D eigenvalue weighted by molar-refractivity contribution is 5.99. The lowest BCUT2D eigenvalue weighted by atomic mass is 10.1. The van der Waals surface area contributed by atoms with E-state index < -0.39 is 17.6 Å². The van der Waals surface area contributed by atoms with E-state index in [4.69, 9.17) is 5.11 Å². The van der Waals surface area contributed by atoms with Crippen LogP contribution in [0.2, 0.25) is 0 Å². The van der Waals surface area contributed by atoms with Gasteiger partial charge in [-0.2, -0.15) is 5.10 Å². The van der Waals surface area contributed by atoms with Gasteiger partial charge >= 0.3 is 5.97 Å². The van der Waals surface area contributed by atoms with Crippen molar-refractivity contribution in [2.75, 3.05) is 26.7 Å². The Labute approximate surface area is 160 Å². The molecule has 0 aliphatic carbocycles. The third kappa shape index (κ3) is 4.19. The number of carboxylic acids is 1. The van der Waals surface area contributed by atoms with Gasteiger partial charge in [-0.05, 0) is 38.4 Å². The normalized spacial score (nSPS) is 17.6. The summed E-state index contributed by atoms with van der Waals surface area (Å²) in [6.07, 6.45) is 3.38. The standard InChI is InChI=1S/C19H22F2N4O3/c1-24(11-16(26)27)12-4-3-8-25(9-7-12)19(28)13-10-22-23-18(13)17-14(20)5-2-6-15(17)21/h2,5-6,10,12H,3-4,7-9,11H2,1H3,(H,22,23)(H,26,27). The van der Waals surface area contributed by atoms with Crippen LogP contribution in [0.4, 0.5) is 8.78 Å². The Morgan fingerprint density at radius 2 is 2.00 bits per heavy atom. The summed E-state index contributed by atoms with van der Waals surface area (Å²) >= 11 is 0. The van der Waals surface area contributed by atoms with Crippen molar-refractivity contribution in [3.05, 3.63) is 41.6 Å². The second-order valence-corrected chi connectivity index (χ2v) is 6.94. The highest BCUT2D eigenvalue weighted by Gasteiger charge is 2.28. The number of aromatic nitrogens is 2. The van der Waals surface area contributed by atoms with E-state index in [1.54, 1.807) is 16.8 Å². The second-order valence-electron chi connectivity index (χ2n) is 6.94. The molecule has 1 aliphatic heterocycles. The fourth-order valence-electron chi connectivity index (χ4n) is 3.61. The average molecular weight is 392 g/mol. The number of hydrogen-bond acceptors (Lipinski definition) is 4. The molecule has 7 nitrogen and oxygen atoms in total. The molecule has 0 saturated carbocycles. The number of aromatic amines is 1. The van der Waals surface area contributed by atoms with Crippen molar-refractivity contribution in [2.45, 2.75) is 25.3 Å². The number of likely N-dealkylation sites (tertiary alicyclic amines) is 1. The third-order valence-corrected chi connectivity index (χ3v) is 5.08. The van der Waals surface area contributed by atoms with E-state index in [1.807, 2.05) is 0 Å². The number of carbonyl (C=O) groups excluding carboxylic acids is 1. The molecule has 1 aliphatic rings. The number of amides is 1. The Morgan fingerprint density at radius 1 is 1.29 bits per heavy atom. The highest BCUT2D eigenvalue weighted by Crippen LogP contribution is 2.28. The molecule has 0 radical (unpaired) electrons. The molecule has 2 N–H and O–H groups in total. The van der Waals surface area contributed by atoms with Crippen LogP contribution < -0.4 is 0 Å². The summed E-state index contributed by atoms with van der Waals surface area (Å²) < 4.78 is 28.3. The van der Waals surface area contributed by atoms with Crippen molar-refractivity contribution >= 4 is 11.9 Å². The number of rotatable bonds is 5. The summed E-state index contributed by atoms with van der Waals surface area (Å²) in [6.45, 7) is 0.857. The molecule has 150 valence electrons. The number of carbonyl (C=O) groups is 2. The zero-order valence-corrected chi connectivity index (χ0v) is 15.5. The molecule has 0 bridgehead atoms. The van der Waals surface area contributed by atoms with Crippen LogP contribution in [0.3, 0.4) is 0 Å². The van der Waals surface area contributed by atoms with Crippen LogP contribution in [-0.2, 0) is 4.79 Å². The zero-order valence-electron chi connectivity index (χ0n) is 15.5. The van der Waals surface area contributed by atoms with Crippen LogP contribution in [0.5, 0.6) is 0 Å². The van der Waals surface area contributed by atoms with Gasteiger partial charge < -0.3 is 10.0 Å². The molecule has 2 heterocycles. The molecular formula is C19H22F2N4O3. The van der Waals surface area contributed by atoms with E-state index in [-0.39, 0.29) is 35.3 Å². The zero-order chi connectivity index (χ0) is 20.3. The molecule has 1 aromatic heterocycles. The first-order valence-corrected chi connectivity index (χ1v) is 9.07.